The van der Waals surface area contributed by atoms with E-state index in [0.29, 0.717) is 39.3 Å². The van der Waals surface area contributed by atoms with Gasteiger partial charge in [-0.05, 0) is 37.5 Å². The second-order valence-electron chi connectivity index (χ2n) is 9.11. The molecule has 3 N–H and O–H groups in total. The zero-order chi connectivity index (χ0) is 30.2. The number of thiazole rings is 1. The Labute approximate surface area is 243 Å². The lowest BCUT2D eigenvalue weighted by Gasteiger charge is -2.23. The Hall–Kier alpha value is -4.01. The second kappa shape index (κ2) is 14.1. The highest BCUT2D eigenvalue weighted by molar-refractivity contribution is 7.87. The molecule has 0 spiro atoms. The molecule has 0 aliphatic heterocycles. The van der Waals surface area contributed by atoms with E-state index in [1.807, 2.05) is 42.0 Å². The van der Waals surface area contributed by atoms with E-state index in [2.05, 4.69) is 4.98 Å². The standard InChI is InChI=1S/C27H33N5O7S2/c1-18-22(38-3)13-20(14-23(18)39-4)27(35)32(12-8-11-19-9-6-5-7-10-19)16-25-29-21(17-40-25)26(34)30-41(36,37)31(2)15-24(28)33/h5-7,9-10,13-14,17H,8,11-12,15-16H2,1-4H3,(H2,28,33)(H,30,34). The van der Waals surface area contributed by atoms with Crippen LogP contribution in [0.15, 0.2) is 47.8 Å². The molecule has 2 aromatic carbocycles. The number of hydrogen-bond acceptors (Lipinski definition) is 9. The second-order valence-corrected chi connectivity index (χ2v) is 11.8. The summed E-state index contributed by atoms with van der Waals surface area (Å²) < 4.78 is 38.0. The molecule has 0 radical (unpaired) electrons. The number of amides is 3. The van der Waals surface area contributed by atoms with Gasteiger partial charge in [0, 0.05) is 30.1 Å². The van der Waals surface area contributed by atoms with Gasteiger partial charge in [0.05, 0.1) is 27.3 Å². The molecular formula is C27H33N5O7S2. The molecular weight excluding hydrogens is 570 g/mol. The maximum Gasteiger partial charge on any atom is 0.304 e. The Morgan fingerprint density at radius 2 is 1.71 bits per heavy atom. The first kappa shape index (κ1) is 31.5. The Kier molecular flexibility index (Phi) is 10.8. The van der Waals surface area contributed by atoms with E-state index >= 15 is 0 Å². The number of hydrogen-bond donors (Lipinski definition) is 2. The highest BCUT2D eigenvalue weighted by Crippen LogP contribution is 2.30. The van der Waals surface area contributed by atoms with Crippen molar-refractivity contribution in [1.29, 1.82) is 0 Å². The molecule has 0 unspecified atom stereocenters. The Morgan fingerprint density at radius 1 is 1.07 bits per heavy atom. The predicted molar refractivity (Wildman–Crippen MR) is 154 cm³/mol. The van der Waals surface area contributed by atoms with Crippen LogP contribution in [0.5, 0.6) is 11.5 Å². The highest BCUT2D eigenvalue weighted by atomic mass is 32.2. The number of methoxy groups -OCH3 is 2. The van der Waals surface area contributed by atoms with Crippen molar-refractivity contribution in [2.24, 2.45) is 5.73 Å². The van der Waals surface area contributed by atoms with Gasteiger partial charge in [-0.3, -0.25) is 14.4 Å². The van der Waals surface area contributed by atoms with Crippen molar-refractivity contribution in [3.05, 3.63) is 75.2 Å². The van der Waals surface area contributed by atoms with Gasteiger partial charge in [0.2, 0.25) is 5.91 Å². The summed E-state index contributed by atoms with van der Waals surface area (Å²) in [5.41, 5.74) is 7.15. The number of nitrogens with zero attached hydrogens (tertiary/aromatic N) is 3. The van der Waals surface area contributed by atoms with Crippen molar-refractivity contribution in [1.82, 2.24) is 18.9 Å². The summed E-state index contributed by atoms with van der Waals surface area (Å²) in [6.07, 6.45) is 1.41. The quantitative estimate of drug-likeness (QED) is 0.283. The first-order valence-corrected chi connectivity index (χ1v) is 14.8. The number of carbonyl (C=O) groups excluding carboxylic acids is 3. The van der Waals surface area contributed by atoms with Gasteiger partial charge < -0.3 is 20.1 Å². The molecule has 0 aliphatic carbocycles. The summed E-state index contributed by atoms with van der Waals surface area (Å²) in [6, 6.07) is 13.2. The fourth-order valence-corrected chi connectivity index (χ4v) is 5.55. The summed E-state index contributed by atoms with van der Waals surface area (Å²) in [5.74, 6) is -1.12. The van der Waals surface area contributed by atoms with E-state index in [1.165, 1.54) is 19.6 Å². The van der Waals surface area contributed by atoms with Gasteiger partial charge in [0.25, 0.3) is 11.8 Å². The van der Waals surface area contributed by atoms with Crippen LogP contribution in [0.1, 0.15) is 43.4 Å². The van der Waals surface area contributed by atoms with Gasteiger partial charge in [-0.15, -0.1) is 11.3 Å². The van der Waals surface area contributed by atoms with E-state index < -0.39 is 28.6 Å². The molecule has 0 bridgehead atoms. The minimum absolute atomic E-state index is 0.0818. The van der Waals surface area contributed by atoms with Crippen molar-refractivity contribution in [3.63, 3.8) is 0 Å². The van der Waals surface area contributed by atoms with Crippen LogP contribution in [-0.4, -0.2) is 74.7 Å². The average molecular weight is 604 g/mol. The van der Waals surface area contributed by atoms with Crippen molar-refractivity contribution in [3.8, 4) is 11.5 Å². The van der Waals surface area contributed by atoms with Crippen LogP contribution in [0.2, 0.25) is 0 Å². The van der Waals surface area contributed by atoms with E-state index in [4.69, 9.17) is 15.2 Å². The number of likely N-dealkylation sites (N-methyl/N-ethyl adjacent to an activating group) is 1. The van der Waals surface area contributed by atoms with Gasteiger partial charge in [-0.2, -0.15) is 12.7 Å². The number of rotatable bonds is 14. The third kappa shape index (κ3) is 8.49. The first-order chi connectivity index (χ1) is 19.4. The summed E-state index contributed by atoms with van der Waals surface area (Å²) >= 11 is 1.11. The lowest BCUT2D eigenvalue weighted by molar-refractivity contribution is -0.118. The van der Waals surface area contributed by atoms with E-state index in [9.17, 15) is 22.8 Å². The molecule has 0 saturated carbocycles. The number of ether oxygens (including phenoxy) is 2. The summed E-state index contributed by atoms with van der Waals surface area (Å²) in [4.78, 5) is 43.3. The maximum atomic E-state index is 13.7. The Balaban J connectivity index is 1.82. The highest BCUT2D eigenvalue weighted by Gasteiger charge is 2.25. The molecule has 0 fully saturated rings. The Bertz CT molecular complexity index is 1470. The molecule has 1 aromatic heterocycles. The molecule has 0 saturated heterocycles. The zero-order valence-corrected chi connectivity index (χ0v) is 24.9. The van der Waals surface area contributed by atoms with Crippen LogP contribution in [0, 0.1) is 6.92 Å². The van der Waals surface area contributed by atoms with Gasteiger partial charge in [-0.25, -0.2) is 9.71 Å². The number of primary amides is 1. The summed E-state index contributed by atoms with van der Waals surface area (Å²) in [5, 5.41) is 1.83. The molecule has 3 amide bonds. The molecule has 1 heterocycles. The fourth-order valence-electron chi connectivity index (χ4n) is 3.97. The van der Waals surface area contributed by atoms with Crippen LogP contribution >= 0.6 is 11.3 Å². The number of carbonyl (C=O) groups is 3. The van der Waals surface area contributed by atoms with Gasteiger partial charge in [-0.1, -0.05) is 30.3 Å². The monoisotopic (exact) mass is 603 g/mol. The SMILES string of the molecule is COc1cc(C(=O)N(CCCc2ccccc2)Cc2nc(C(=O)NS(=O)(=O)N(C)CC(N)=O)cs2)cc(OC)c1C. The van der Waals surface area contributed by atoms with Crippen molar-refractivity contribution in [2.75, 3.05) is 34.4 Å². The molecule has 3 rings (SSSR count). The third-order valence-electron chi connectivity index (χ3n) is 6.14. The minimum atomic E-state index is -4.31. The molecule has 12 nitrogen and oxygen atoms in total. The normalized spacial score (nSPS) is 11.2. The zero-order valence-electron chi connectivity index (χ0n) is 23.2. The first-order valence-electron chi connectivity index (χ1n) is 12.5. The number of nitrogens with two attached hydrogens (primary N) is 1. The minimum Gasteiger partial charge on any atom is -0.496 e. The van der Waals surface area contributed by atoms with Gasteiger partial charge in [0.1, 0.15) is 22.2 Å². The van der Waals surface area contributed by atoms with Gasteiger partial charge in [0.15, 0.2) is 0 Å². The molecule has 3 aromatic rings. The molecule has 14 heteroatoms. The van der Waals surface area contributed by atoms with Crippen molar-refractivity contribution < 1.29 is 32.3 Å². The molecule has 0 aliphatic rings. The average Bonchev–Trinajstić information content (AvgIpc) is 3.41. The number of nitrogens with one attached hydrogen (secondary N) is 1. The van der Waals surface area contributed by atoms with Crippen molar-refractivity contribution >= 4 is 39.3 Å². The lowest BCUT2D eigenvalue weighted by Crippen LogP contribution is -2.44. The Morgan fingerprint density at radius 3 is 2.29 bits per heavy atom. The van der Waals surface area contributed by atoms with E-state index in [-0.39, 0.29) is 18.1 Å². The van der Waals surface area contributed by atoms with Crippen LogP contribution in [-0.2, 0) is 28.0 Å². The molecule has 41 heavy (non-hydrogen) atoms. The predicted octanol–water partition coefficient (Wildman–Crippen LogP) is 2.14. The summed E-state index contributed by atoms with van der Waals surface area (Å²) in [6.45, 7) is 1.70. The number of aryl methyl sites for hydroxylation is 1. The topological polar surface area (TPSA) is 161 Å². The largest absolute Gasteiger partial charge is 0.496 e. The maximum absolute atomic E-state index is 13.7. The number of aromatic nitrogens is 1. The smallest absolute Gasteiger partial charge is 0.304 e. The van der Waals surface area contributed by atoms with E-state index in [0.717, 1.165) is 35.9 Å². The molecule has 0 atom stereocenters. The summed E-state index contributed by atoms with van der Waals surface area (Å²) in [7, 11) is -0.169. The van der Waals surface area contributed by atoms with Crippen molar-refractivity contribution in [2.45, 2.75) is 26.3 Å². The van der Waals surface area contributed by atoms with E-state index in [1.54, 1.807) is 17.0 Å². The van der Waals surface area contributed by atoms with Crippen LogP contribution < -0.4 is 19.9 Å². The number of benzene rings is 2. The lowest BCUT2D eigenvalue weighted by atomic mass is 10.1. The van der Waals surface area contributed by atoms with Crippen LogP contribution in [0.3, 0.4) is 0 Å². The van der Waals surface area contributed by atoms with Crippen LogP contribution in [0.4, 0.5) is 0 Å². The molecule has 220 valence electrons. The third-order valence-corrected chi connectivity index (χ3v) is 8.37. The fraction of sp³-hybridized carbons (Fsp3) is 0.333. The van der Waals surface area contributed by atoms with Gasteiger partial charge >= 0.3 is 10.2 Å². The van der Waals surface area contributed by atoms with Crippen LogP contribution in [0.25, 0.3) is 0 Å².